The van der Waals surface area contributed by atoms with Gasteiger partial charge in [-0.15, -0.1) is 0 Å². The Morgan fingerprint density at radius 1 is 1.42 bits per heavy atom. The first kappa shape index (κ1) is 16.7. The van der Waals surface area contributed by atoms with E-state index in [-0.39, 0.29) is 17.0 Å². The third-order valence-corrected chi connectivity index (χ3v) is 4.98. The summed E-state index contributed by atoms with van der Waals surface area (Å²) in [7, 11) is 1.42. The minimum absolute atomic E-state index is 0.0454. The molecule has 2 heterocycles. The predicted octanol–water partition coefficient (Wildman–Crippen LogP) is 2.12. The minimum Gasteiger partial charge on any atom is -0.490 e. The Balaban J connectivity index is 1.54. The van der Waals surface area contributed by atoms with Crippen LogP contribution in [-0.2, 0) is 19.5 Å². The van der Waals surface area contributed by atoms with Gasteiger partial charge in [0, 0.05) is 38.0 Å². The van der Waals surface area contributed by atoms with Crippen LogP contribution in [0.5, 0.6) is 5.75 Å². The van der Waals surface area contributed by atoms with Gasteiger partial charge in [0.25, 0.3) is 5.56 Å². The fourth-order valence-corrected chi connectivity index (χ4v) is 3.42. The first-order valence-electron chi connectivity index (χ1n) is 8.71. The summed E-state index contributed by atoms with van der Waals surface area (Å²) in [6, 6.07) is 4.97. The highest BCUT2D eigenvalue weighted by molar-refractivity contribution is 5.48. The molecule has 8 nitrogen and oxygen atoms in total. The molecule has 1 saturated carbocycles. The number of nitro groups is 1. The SMILES string of the molecule is COc1ccc(CN2CCc3nc(C4CC4)[nH]c(=O)c3C2)cc1[N+](=O)[O-]. The van der Waals surface area contributed by atoms with Crippen LogP contribution < -0.4 is 10.3 Å². The zero-order valence-electron chi connectivity index (χ0n) is 14.5. The van der Waals surface area contributed by atoms with E-state index in [0.29, 0.717) is 24.6 Å². The number of aromatic nitrogens is 2. The summed E-state index contributed by atoms with van der Waals surface area (Å²) < 4.78 is 5.04. The smallest absolute Gasteiger partial charge is 0.311 e. The molecule has 1 aliphatic heterocycles. The molecule has 0 saturated heterocycles. The molecular weight excluding hydrogens is 336 g/mol. The van der Waals surface area contributed by atoms with E-state index in [1.54, 1.807) is 6.07 Å². The van der Waals surface area contributed by atoms with Crippen molar-refractivity contribution in [2.75, 3.05) is 13.7 Å². The largest absolute Gasteiger partial charge is 0.490 e. The monoisotopic (exact) mass is 356 g/mol. The number of benzene rings is 1. The van der Waals surface area contributed by atoms with Crippen molar-refractivity contribution < 1.29 is 9.66 Å². The quantitative estimate of drug-likeness (QED) is 0.650. The summed E-state index contributed by atoms with van der Waals surface area (Å²) >= 11 is 0. The highest BCUT2D eigenvalue weighted by Crippen LogP contribution is 2.38. The molecule has 1 fully saturated rings. The molecule has 26 heavy (non-hydrogen) atoms. The van der Waals surface area contributed by atoms with Gasteiger partial charge in [0.1, 0.15) is 5.82 Å². The van der Waals surface area contributed by atoms with Gasteiger partial charge < -0.3 is 9.72 Å². The molecule has 0 bridgehead atoms. The number of fused-ring (bicyclic) bond motifs is 1. The molecule has 0 amide bonds. The van der Waals surface area contributed by atoms with Gasteiger partial charge in [0.15, 0.2) is 5.75 Å². The zero-order chi connectivity index (χ0) is 18.3. The molecule has 0 radical (unpaired) electrons. The van der Waals surface area contributed by atoms with Crippen LogP contribution in [0.1, 0.15) is 41.4 Å². The van der Waals surface area contributed by atoms with E-state index in [1.807, 2.05) is 6.07 Å². The van der Waals surface area contributed by atoms with Gasteiger partial charge in [-0.05, 0) is 24.5 Å². The lowest BCUT2D eigenvalue weighted by molar-refractivity contribution is -0.385. The minimum atomic E-state index is -0.443. The number of nitro benzene ring substituents is 1. The first-order valence-corrected chi connectivity index (χ1v) is 8.71. The molecule has 0 atom stereocenters. The second-order valence-electron chi connectivity index (χ2n) is 6.87. The van der Waals surface area contributed by atoms with Crippen LogP contribution >= 0.6 is 0 Å². The molecular formula is C18H20N4O4. The van der Waals surface area contributed by atoms with Crippen molar-refractivity contribution in [3.8, 4) is 5.75 Å². The van der Waals surface area contributed by atoms with Crippen molar-refractivity contribution in [2.45, 2.75) is 38.3 Å². The second-order valence-corrected chi connectivity index (χ2v) is 6.87. The number of aromatic amines is 1. The maximum Gasteiger partial charge on any atom is 0.311 e. The van der Waals surface area contributed by atoms with E-state index in [9.17, 15) is 14.9 Å². The van der Waals surface area contributed by atoms with Gasteiger partial charge in [-0.25, -0.2) is 4.98 Å². The number of methoxy groups -OCH3 is 1. The molecule has 0 spiro atoms. The third kappa shape index (κ3) is 3.20. The fourth-order valence-electron chi connectivity index (χ4n) is 3.42. The number of rotatable bonds is 5. The summed E-state index contributed by atoms with van der Waals surface area (Å²) in [4.78, 5) is 32.8. The van der Waals surface area contributed by atoms with E-state index >= 15 is 0 Å². The van der Waals surface area contributed by atoms with E-state index in [1.165, 1.54) is 13.2 Å². The number of hydrogen-bond acceptors (Lipinski definition) is 6. The Morgan fingerprint density at radius 3 is 2.92 bits per heavy atom. The summed E-state index contributed by atoms with van der Waals surface area (Å²) in [5.74, 6) is 1.50. The maximum atomic E-state index is 12.4. The lowest BCUT2D eigenvalue weighted by Crippen LogP contribution is -2.35. The zero-order valence-corrected chi connectivity index (χ0v) is 14.5. The molecule has 2 aliphatic rings. The van der Waals surface area contributed by atoms with Crippen LogP contribution in [-0.4, -0.2) is 33.4 Å². The topological polar surface area (TPSA) is 101 Å². The van der Waals surface area contributed by atoms with Gasteiger partial charge in [0.2, 0.25) is 0 Å². The normalized spacial score (nSPS) is 17.0. The van der Waals surface area contributed by atoms with Crippen molar-refractivity contribution in [1.29, 1.82) is 0 Å². The lowest BCUT2D eigenvalue weighted by atomic mass is 10.1. The molecule has 1 aromatic carbocycles. The van der Waals surface area contributed by atoms with Crippen molar-refractivity contribution >= 4 is 5.69 Å². The summed E-state index contributed by atoms with van der Waals surface area (Å²) in [6.45, 7) is 1.81. The molecule has 0 unspecified atom stereocenters. The van der Waals surface area contributed by atoms with Crippen LogP contribution in [0.25, 0.3) is 0 Å². The second kappa shape index (κ2) is 6.53. The van der Waals surface area contributed by atoms with Crippen LogP contribution in [0.2, 0.25) is 0 Å². The molecule has 1 aromatic heterocycles. The number of nitrogens with one attached hydrogen (secondary N) is 1. The average molecular weight is 356 g/mol. The van der Waals surface area contributed by atoms with E-state index < -0.39 is 4.92 Å². The fraction of sp³-hybridized carbons (Fsp3) is 0.444. The highest BCUT2D eigenvalue weighted by Gasteiger charge is 2.29. The van der Waals surface area contributed by atoms with Crippen molar-refractivity contribution in [3.05, 3.63) is 61.3 Å². The average Bonchev–Trinajstić information content (AvgIpc) is 3.47. The Hall–Kier alpha value is -2.74. The Morgan fingerprint density at radius 2 is 2.23 bits per heavy atom. The van der Waals surface area contributed by atoms with Crippen LogP contribution in [0.4, 0.5) is 5.69 Å². The summed E-state index contributed by atoms with van der Waals surface area (Å²) in [6.07, 6.45) is 2.92. The van der Waals surface area contributed by atoms with Gasteiger partial charge in [-0.2, -0.15) is 0 Å². The number of nitrogens with zero attached hydrogens (tertiary/aromatic N) is 3. The Labute approximate surface area is 150 Å². The molecule has 1 N–H and O–H groups in total. The lowest BCUT2D eigenvalue weighted by Gasteiger charge is -2.27. The van der Waals surface area contributed by atoms with Gasteiger partial charge >= 0.3 is 5.69 Å². The van der Waals surface area contributed by atoms with Crippen molar-refractivity contribution in [2.24, 2.45) is 0 Å². The van der Waals surface area contributed by atoms with Crippen molar-refractivity contribution in [1.82, 2.24) is 14.9 Å². The first-order chi connectivity index (χ1) is 12.5. The standard InChI is InChI=1S/C18H20N4O4/c1-26-16-5-2-11(8-15(16)22(24)25)9-21-7-6-14-13(10-21)18(23)20-17(19-14)12-3-4-12/h2,5,8,12H,3-4,6-7,9-10H2,1H3,(H,19,20,23). The van der Waals surface area contributed by atoms with E-state index in [0.717, 1.165) is 42.9 Å². The van der Waals surface area contributed by atoms with Crippen LogP contribution in [0.15, 0.2) is 23.0 Å². The number of H-pyrrole nitrogens is 1. The Bertz CT molecular complexity index is 920. The summed E-state index contributed by atoms with van der Waals surface area (Å²) in [5, 5.41) is 11.2. The number of ether oxygens (including phenoxy) is 1. The Kier molecular flexibility index (Phi) is 4.20. The van der Waals surface area contributed by atoms with E-state index in [4.69, 9.17) is 4.74 Å². The van der Waals surface area contributed by atoms with Crippen molar-refractivity contribution in [3.63, 3.8) is 0 Å². The van der Waals surface area contributed by atoms with Crippen LogP contribution in [0, 0.1) is 10.1 Å². The molecule has 4 rings (SSSR count). The van der Waals surface area contributed by atoms with Gasteiger partial charge in [-0.3, -0.25) is 19.8 Å². The predicted molar refractivity (Wildman–Crippen MR) is 94.3 cm³/mol. The summed E-state index contributed by atoms with van der Waals surface area (Å²) in [5.41, 5.74) is 2.33. The number of hydrogen-bond donors (Lipinski definition) is 1. The van der Waals surface area contributed by atoms with Gasteiger partial charge in [-0.1, -0.05) is 6.07 Å². The molecule has 2 aromatic rings. The highest BCUT2D eigenvalue weighted by atomic mass is 16.6. The van der Waals surface area contributed by atoms with E-state index in [2.05, 4.69) is 14.9 Å². The molecule has 136 valence electrons. The van der Waals surface area contributed by atoms with Gasteiger partial charge in [0.05, 0.1) is 23.3 Å². The third-order valence-electron chi connectivity index (χ3n) is 4.98. The molecule has 1 aliphatic carbocycles. The molecule has 8 heteroatoms. The van der Waals surface area contributed by atoms with Crippen LogP contribution in [0.3, 0.4) is 0 Å². The maximum absolute atomic E-state index is 12.4.